The minimum absolute atomic E-state index is 0.0657. The molecule has 0 aromatic heterocycles. The van der Waals surface area contributed by atoms with Crippen molar-refractivity contribution in [1.29, 1.82) is 0 Å². The molecule has 0 spiro atoms. The summed E-state index contributed by atoms with van der Waals surface area (Å²) >= 11 is 0. The molecule has 2 heterocycles. The van der Waals surface area contributed by atoms with Crippen molar-refractivity contribution in [2.45, 2.75) is 25.9 Å². The van der Waals surface area contributed by atoms with Gasteiger partial charge in [0.15, 0.2) is 0 Å². The molecule has 2 saturated heterocycles. The zero-order valence-corrected chi connectivity index (χ0v) is 11.9. The first-order valence-corrected chi connectivity index (χ1v) is 7.01. The van der Waals surface area contributed by atoms with Crippen molar-refractivity contribution in [1.82, 2.24) is 15.1 Å². The van der Waals surface area contributed by atoms with Gasteiger partial charge in [0.25, 0.3) is 0 Å². The maximum Gasteiger partial charge on any atom is 0.320 e. The Labute approximate surface area is 118 Å². The lowest BCUT2D eigenvalue weighted by Gasteiger charge is -2.38. The molecule has 1 aromatic carbocycles. The van der Waals surface area contributed by atoms with E-state index in [1.165, 1.54) is 12.1 Å². The van der Waals surface area contributed by atoms with Crippen molar-refractivity contribution >= 4 is 6.03 Å². The van der Waals surface area contributed by atoms with Gasteiger partial charge >= 0.3 is 6.03 Å². The van der Waals surface area contributed by atoms with Crippen LogP contribution in [0.25, 0.3) is 0 Å². The number of aryl methyl sites for hydroxylation is 1. The maximum absolute atomic E-state index is 13.4. The predicted octanol–water partition coefficient (Wildman–Crippen LogP) is 1.73. The van der Waals surface area contributed by atoms with Crippen LogP contribution in [-0.2, 0) is 6.54 Å². The molecule has 2 fully saturated rings. The molecule has 1 atom stereocenters. The molecular formula is C15H20FN3O. The van der Waals surface area contributed by atoms with Crippen molar-refractivity contribution in [2.24, 2.45) is 0 Å². The van der Waals surface area contributed by atoms with Crippen molar-refractivity contribution in [3.63, 3.8) is 0 Å². The van der Waals surface area contributed by atoms with Crippen LogP contribution in [-0.4, -0.2) is 47.5 Å². The number of nitrogens with one attached hydrogen (secondary N) is 1. The van der Waals surface area contributed by atoms with Crippen LogP contribution < -0.4 is 5.32 Å². The number of carbonyl (C=O) groups excluding carboxylic acids is 1. The van der Waals surface area contributed by atoms with Gasteiger partial charge in [-0.15, -0.1) is 0 Å². The van der Waals surface area contributed by atoms with Gasteiger partial charge in [-0.3, -0.25) is 0 Å². The van der Waals surface area contributed by atoms with Crippen LogP contribution in [0.5, 0.6) is 0 Å². The van der Waals surface area contributed by atoms with Gasteiger partial charge in [0.05, 0.1) is 5.54 Å². The fourth-order valence-corrected chi connectivity index (χ4v) is 3.28. The fraction of sp³-hybridized carbons (Fsp3) is 0.533. The van der Waals surface area contributed by atoms with E-state index in [0.29, 0.717) is 13.1 Å². The standard InChI is InChI=1S/C15H20FN3O/c1-11-5-12(7-13(16)6-11)8-18-10-15(2)9-17-3-4-19(15)14(18)20/h5-7,17H,3-4,8-10H2,1-2H3. The van der Waals surface area contributed by atoms with Crippen molar-refractivity contribution < 1.29 is 9.18 Å². The molecule has 0 bridgehead atoms. The van der Waals surface area contributed by atoms with E-state index in [1.54, 1.807) is 0 Å². The van der Waals surface area contributed by atoms with Gasteiger partial charge in [0.2, 0.25) is 0 Å². The molecule has 4 nitrogen and oxygen atoms in total. The van der Waals surface area contributed by atoms with Crippen molar-refractivity contribution in [2.75, 3.05) is 26.2 Å². The molecule has 2 aliphatic rings. The van der Waals surface area contributed by atoms with Gasteiger partial charge < -0.3 is 15.1 Å². The number of amides is 2. The molecule has 0 radical (unpaired) electrons. The fourth-order valence-electron chi connectivity index (χ4n) is 3.28. The molecule has 1 unspecified atom stereocenters. The van der Waals surface area contributed by atoms with Gasteiger partial charge in [0.1, 0.15) is 5.82 Å². The summed E-state index contributed by atoms with van der Waals surface area (Å²) in [7, 11) is 0. The van der Waals surface area contributed by atoms with E-state index in [1.807, 2.05) is 22.8 Å². The molecule has 2 amide bonds. The largest absolute Gasteiger partial charge is 0.320 e. The highest BCUT2D eigenvalue weighted by Gasteiger charge is 2.47. The van der Waals surface area contributed by atoms with Crippen LogP contribution >= 0.6 is 0 Å². The second-order valence-electron chi connectivity index (χ2n) is 6.10. The Morgan fingerprint density at radius 1 is 1.40 bits per heavy atom. The van der Waals surface area contributed by atoms with Gasteiger partial charge in [-0.1, -0.05) is 6.07 Å². The number of rotatable bonds is 2. The minimum Gasteiger partial charge on any atom is -0.318 e. The van der Waals surface area contributed by atoms with E-state index in [-0.39, 0.29) is 17.4 Å². The smallest absolute Gasteiger partial charge is 0.318 e. The van der Waals surface area contributed by atoms with Crippen LogP contribution in [0, 0.1) is 12.7 Å². The van der Waals surface area contributed by atoms with E-state index < -0.39 is 0 Å². The summed E-state index contributed by atoms with van der Waals surface area (Å²) in [5, 5.41) is 3.34. The molecule has 0 aliphatic carbocycles. The lowest BCUT2D eigenvalue weighted by Crippen LogP contribution is -2.58. The molecule has 1 aromatic rings. The summed E-state index contributed by atoms with van der Waals surface area (Å²) < 4.78 is 13.4. The lowest BCUT2D eigenvalue weighted by molar-refractivity contribution is 0.142. The molecule has 0 saturated carbocycles. The number of urea groups is 1. The number of piperazine rings is 1. The molecule has 108 valence electrons. The van der Waals surface area contributed by atoms with Crippen LogP contribution in [0.1, 0.15) is 18.1 Å². The minimum atomic E-state index is -0.239. The predicted molar refractivity (Wildman–Crippen MR) is 74.9 cm³/mol. The molecule has 20 heavy (non-hydrogen) atoms. The summed E-state index contributed by atoms with van der Waals surface area (Å²) in [5.74, 6) is -0.239. The number of fused-ring (bicyclic) bond motifs is 1. The van der Waals surface area contributed by atoms with Crippen molar-refractivity contribution in [3.05, 3.63) is 35.1 Å². The Balaban J connectivity index is 1.80. The molecular weight excluding hydrogens is 257 g/mol. The van der Waals surface area contributed by atoms with E-state index in [2.05, 4.69) is 12.2 Å². The van der Waals surface area contributed by atoms with E-state index in [0.717, 1.165) is 30.8 Å². The third-order valence-electron chi connectivity index (χ3n) is 4.18. The average Bonchev–Trinajstić information content (AvgIpc) is 2.60. The third kappa shape index (κ3) is 2.26. The Bertz CT molecular complexity index is 528. The zero-order valence-electron chi connectivity index (χ0n) is 11.9. The van der Waals surface area contributed by atoms with E-state index in [9.17, 15) is 9.18 Å². The summed E-state index contributed by atoms with van der Waals surface area (Å²) in [6, 6.07) is 5.02. The van der Waals surface area contributed by atoms with Gasteiger partial charge in [-0.2, -0.15) is 0 Å². The van der Waals surface area contributed by atoms with Gasteiger partial charge in [0, 0.05) is 32.7 Å². The molecule has 1 N–H and O–H groups in total. The maximum atomic E-state index is 13.4. The number of carbonyl (C=O) groups is 1. The monoisotopic (exact) mass is 277 g/mol. The van der Waals surface area contributed by atoms with Crippen LogP contribution in [0.2, 0.25) is 0 Å². The number of benzene rings is 1. The quantitative estimate of drug-likeness (QED) is 0.893. The number of hydrogen-bond donors (Lipinski definition) is 1. The Kier molecular flexibility index (Phi) is 3.17. The van der Waals surface area contributed by atoms with Crippen LogP contribution in [0.4, 0.5) is 9.18 Å². The lowest BCUT2D eigenvalue weighted by atomic mass is 9.99. The first kappa shape index (κ1) is 13.4. The average molecular weight is 277 g/mol. The molecule has 5 heteroatoms. The summed E-state index contributed by atoms with van der Waals surface area (Å²) in [4.78, 5) is 16.2. The van der Waals surface area contributed by atoms with E-state index >= 15 is 0 Å². The highest BCUT2D eigenvalue weighted by Crippen LogP contribution is 2.28. The number of nitrogens with zero attached hydrogens (tertiary/aromatic N) is 2. The topological polar surface area (TPSA) is 35.6 Å². The van der Waals surface area contributed by atoms with Crippen LogP contribution in [0.15, 0.2) is 18.2 Å². The second kappa shape index (κ2) is 4.74. The van der Waals surface area contributed by atoms with Crippen LogP contribution in [0.3, 0.4) is 0 Å². The van der Waals surface area contributed by atoms with E-state index in [4.69, 9.17) is 0 Å². The summed E-state index contributed by atoms with van der Waals surface area (Å²) in [6.07, 6.45) is 0. The Hall–Kier alpha value is -1.62. The zero-order chi connectivity index (χ0) is 14.3. The highest BCUT2D eigenvalue weighted by molar-refractivity contribution is 5.78. The Morgan fingerprint density at radius 2 is 2.20 bits per heavy atom. The third-order valence-corrected chi connectivity index (χ3v) is 4.18. The summed E-state index contributed by atoms with van der Waals surface area (Å²) in [5.41, 5.74) is 1.60. The number of hydrogen-bond acceptors (Lipinski definition) is 2. The second-order valence-corrected chi connectivity index (χ2v) is 6.10. The van der Waals surface area contributed by atoms with Gasteiger partial charge in [-0.25, -0.2) is 9.18 Å². The van der Waals surface area contributed by atoms with Gasteiger partial charge in [-0.05, 0) is 37.1 Å². The normalized spacial score (nSPS) is 26.1. The first-order valence-electron chi connectivity index (χ1n) is 7.01. The Morgan fingerprint density at radius 3 is 2.90 bits per heavy atom. The highest BCUT2D eigenvalue weighted by atomic mass is 19.1. The first-order chi connectivity index (χ1) is 9.48. The SMILES string of the molecule is Cc1cc(F)cc(CN2CC3(C)CNCCN3C2=O)c1. The molecule has 2 aliphatic heterocycles. The van der Waals surface area contributed by atoms with Crippen molar-refractivity contribution in [3.8, 4) is 0 Å². The molecule has 3 rings (SSSR count). The summed E-state index contributed by atoms with van der Waals surface area (Å²) in [6.45, 7) is 7.54. The number of halogens is 1.